The molecule has 6 nitrogen and oxygen atoms in total. The number of hydrogen-bond donors (Lipinski definition) is 3. The largest absolute Gasteiger partial charge is 0.481 e. The van der Waals surface area contributed by atoms with Gasteiger partial charge in [-0.25, -0.2) is 4.98 Å². The fraction of sp³-hybridized carbons (Fsp3) is 0.500. The first-order valence-corrected chi connectivity index (χ1v) is 4.69. The second kappa shape index (κ2) is 9.70. The van der Waals surface area contributed by atoms with Gasteiger partial charge in [0.2, 0.25) is 0 Å². The van der Waals surface area contributed by atoms with Crippen molar-refractivity contribution in [3.05, 3.63) is 17.7 Å². The van der Waals surface area contributed by atoms with E-state index >= 15 is 0 Å². The van der Waals surface area contributed by atoms with Crippen molar-refractivity contribution >= 4 is 11.9 Å². The molecule has 0 atom stereocenters. The summed E-state index contributed by atoms with van der Waals surface area (Å²) in [4.78, 5) is 25.2. The number of rotatable bonds is 1. The van der Waals surface area contributed by atoms with Gasteiger partial charge in [0.05, 0.1) is 0 Å². The molecule has 0 aliphatic carbocycles. The van der Waals surface area contributed by atoms with Crippen LogP contribution in [0.5, 0.6) is 0 Å². The number of H-pyrrole nitrogens is 1. The number of carboxylic acid groups (broad SMARTS) is 2. The van der Waals surface area contributed by atoms with Gasteiger partial charge in [0.15, 0.2) is 0 Å². The van der Waals surface area contributed by atoms with E-state index in [1.165, 1.54) is 0 Å². The third kappa shape index (κ3) is 18.0. The Kier molecular flexibility index (Phi) is 10.0. The zero-order valence-electron chi connectivity index (χ0n) is 9.94. The number of carboxylic acids is 2. The van der Waals surface area contributed by atoms with E-state index in [0.717, 1.165) is 31.8 Å². The molecule has 6 heteroatoms. The molecule has 0 unspecified atom stereocenters. The smallest absolute Gasteiger partial charge is 0.300 e. The minimum atomic E-state index is -0.833. The van der Waals surface area contributed by atoms with Crippen molar-refractivity contribution in [3.63, 3.8) is 0 Å². The van der Waals surface area contributed by atoms with Crippen LogP contribution in [0.4, 0.5) is 0 Å². The van der Waals surface area contributed by atoms with Crippen molar-refractivity contribution < 1.29 is 19.8 Å². The van der Waals surface area contributed by atoms with Crippen LogP contribution in [0.2, 0.25) is 0 Å². The number of aromatic nitrogens is 2. The topological polar surface area (TPSA) is 103 Å². The summed E-state index contributed by atoms with van der Waals surface area (Å²) in [5.41, 5.74) is 1.14. The SMILES string of the molecule is CC(=O)O.CC(=O)O.CCc1ncc(C)[nH]1. The summed E-state index contributed by atoms with van der Waals surface area (Å²) in [6.07, 6.45) is 2.84. The minimum Gasteiger partial charge on any atom is -0.481 e. The van der Waals surface area contributed by atoms with Crippen LogP contribution in [0.1, 0.15) is 32.3 Å². The van der Waals surface area contributed by atoms with Crippen molar-refractivity contribution in [1.82, 2.24) is 9.97 Å². The van der Waals surface area contributed by atoms with Crippen LogP contribution < -0.4 is 0 Å². The van der Waals surface area contributed by atoms with E-state index in [1.807, 2.05) is 13.1 Å². The molecule has 1 rings (SSSR count). The molecule has 16 heavy (non-hydrogen) atoms. The highest BCUT2D eigenvalue weighted by atomic mass is 16.4. The van der Waals surface area contributed by atoms with Crippen LogP contribution in [0, 0.1) is 6.92 Å². The second-order valence-electron chi connectivity index (χ2n) is 2.90. The van der Waals surface area contributed by atoms with E-state index in [9.17, 15) is 0 Å². The lowest BCUT2D eigenvalue weighted by atomic mass is 10.5. The van der Waals surface area contributed by atoms with Crippen molar-refractivity contribution in [1.29, 1.82) is 0 Å². The lowest BCUT2D eigenvalue weighted by Gasteiger charge is -1.82. The highest BCUT2D eigenvalue weighted by molar-refractivity contribution is 5.63. The first-order valence-electron chi connectivity index (χ1n) is 4.69. The van der Waals surface area contributed by atoms with Gasteiger partial charge in [-0.2, -0.15) is 0 Å². The molecule has 0 amide bonds. The average molecular weight is 230 g/mol. The van der Waals surface area contributed by atoms with Crippen molar-refractivity contribution in [2.45, 2.75) is 34.1 Å². The number of nitrogens with zero attached hydrogens (tertiary/aromatic N) is 1. The van der Waals surface area contributed by atoms with Crippen molar-refractivity contribution in [2.24, 2.45) is 0 Å². The lowest BCUT2D eigenvalue weighted by Crippen LogP contribution is -1.80. The molecule has 0 aliphatic rings. The highest BCUT2D eigenvalue weighted by Gasteiger charge is 1.89. The molecule has 0 aromatic carbocycles. The first-order chi connectivity index (χ1) is 7.29. The summed E-state index contributed by atoms with van der Waals surface area (Å²) in [6, 6.07) is 0. The Morgan fingerprint density at radius 3 is 1.81 bits per heavy atom. The van der Waals surface area contributed by atoms with Crippen LogP contribution in [0.3, 0.4) is 0 Å². The number of nitrogens with one attached hydrogen (secondary N) is 1. The fourth-order valence-electron chi connectivity index (χ4n) is 0.647. The number of aliphatic carboxylic acids is 2. The van der Waals surface area contributed by atoms with Crippen LogP contribution in [0.15, 0.2) is 6.20 Å². The van der Waals surface area contributed by atoms with E-state index in [2.05, 4.69) is 16.9 Å². The van der Waals surface area contributed by atoms with E-state index in [0.29, 0.717) is 0 Å². The Bertz CT molecular complexity index is 300. The van der Waals surface area contributed by atoms with Gasteiger partial charge >= 0.3 is 0 Å². The highest BCUT2D eigenvalue weighted by Crippen LogP contribution is 1.93. The molecular formula is C10H18N2O4. The molecule has 0 saturated carbocycles. The van der Waals surface area contributed by atoms with E-state index in [4.69, 9.17) is 19.8 Å². The predicted octanol–water partition coefficient (Wildman–Crippen LogP) is 1.46. The quantitative estimate of drug-likeness (QED) is 0.677. The Balaban J connectivity index is 0. The van der Waals surface area contributed by atoms with Crippen LogP contribution in [-0.2, 0) is 16.0 Å². The Morgan fingerprint density at radius 1 is 1.31 bits per heavy atom. The molecule has 1 aromatic heterocycles. The number of aryl methyl sites for hydroxylation is 2. The molecule has 1 aromatic rings. The summed E-state index contributed by atoms with van der Waals surface area (Å²) in [7, 11) is 0. The molecule has 0 radical (unpaired) electrons. The molecular weight excluding hydrogens is 212 g/mol. The van der Waals surface area contributed by atoms with Gasteiger partial charge in [0, 0.05) is 32.2 Å². The van der Waals surface area contributed by atoms with E-state index in [1.54, 1.807) is 0 Å². The van der Waals surface area contributed by atoms with Crippen molar-refractivity contribution in [3.8, 4) is 0 Å². The zero-order valence-corrected chi connectivity index (χ0v) is 9.94. The maximum Gasteiger partial charge on any atom is 0.300 e. The summed E-state index contributed by atoms with van der Waals surface area (Å²) in [5, 5.41) is 14.8. The third-order valence-electron chi connectivity index (χ3n) is 1.09. The normalized spacial score (nSPS) is 8.00. The van der Waals surface area contributed by atoms with E-state index < -0.39 is 11.9 Å². The minimum absolute atomic E-state index is 0.833. The number of hydrogen-bond acceptors (Lipinski definition) is 3. The number of imidazole rings is 1. The van der Waals surface area contributed by atoms with Gasteiger partial charge in [-0.15, -0.1) is 0 Å². The van der Waals surface area contributed by atoms with Gasteiger partial charge in [0.25, 0.3) is 11.9 Å². The molecule has 92 valence electrons. The van der Waals surface area contributed by atoms with Gasteiger partial charge < -0.3 is 15.2 Å². The molecule has 0 aliphatic heterocycles. The molecule has 0 spiro atoms. The van der Waals surface area contributed by atoms with Crippen LogP contribution >= 0.6 is 0 Å². The average Bonchev–Trinajstić information content (AvgIpc) is 2.49. The van der Waals surface area contributed by atoms with Gasteiger partial charge in [-0.3, -0.25) is 9.59 Å². The Morgan fingerprint density at radius 2 is 1.69 bits per heavy atom. The standard InChI is InChI=1S/C6H10N2.2C2H4O2/c1-3-6-7-4-5(2)8-6;2*1-2(3)4/h4H,3H2,1-2H3,(H,7,8);2*1H3,(H,3,4). The van der Waals surface area contributed by atoms with Crippen molar-refractivity contribution in [2.75, 3.05) is 0 Å². The zero-order chi connectivity index (χ0) is 13.1. The van der Waals surface area contributed by atoms with Gasteiger partial charge in [-0.1, -0.05) is 6.92 Å². The monoisotopic (exact) mass is 230 g/mol. The summed E-state index contributed by atoms with van der Waals surface area (Å²) in [5.74, 6) is -0.595. The summed E-state index contributed by atoms with van der Waals surface area (Å²) < 4.78 is 0. The Labute approximate surface area is 94.3 Å². The number of carbonyl (C=O) groups is 2. The molecule has 0 saturated heterocycles. The molecule has 0 bridgehead atoms. The number of aromatic amines is 1. The maximum atomic E-state index is 9.00. The molecule has 1 heterocycles. The van der Waals surface area contributed by atoms with Gasteiger partial charge in [-0.05, 0) is 6.92 Å². The van der Waals surface area contributed by atoms with Gasteiger partial charge in [0.1, 0.15) is 5.82 Å². The van der Waals surface area contributed by atoms with Crippen LogP contribution in [0.25, 0.3) is 0 Å². The second-order valence-corrected chi connectivity index (χ2v) is 2.90. The fourth-order valence-corrected chi connectivity index (χ4v) is 0.647. The molecule has 3 N–H and O–H groups in total. The van der Waals surface area contributed by atoms with E-state index in [-0.39, 0.29) is 0 Å². The Hall–Kier alpha value is -1.85. The summed E-state index contributed by atoms with van der Waals surface area (Å²) >= 11 is 0. The first kappa shape index (κ1) is 16.6. The third-order valence-corrected chi connectivity index (χ3v) is 1.09. The van der Waals surface area contributed by atoms with Crippen LogP contribution in [-0.4, -0.2) is 32.1 Å². The molecule has 0 fully saturated rings. The predicted molar refractivity (Wildman–Crippen MR) is 59.3 cm³/mol. The lowest BCUT2D eigenvalue weighted by molar-refractivity contribution is -0.135. The maximum absolute atomic E-state index is 9.00. The summed E-state index contributed by atoms with van der Waals surface area (Å²) in [6.45, 7) is 6.25.